The van der Waals surface area contributed by atoms with Crippen LogP contribution in [-0.4, -0.2) is 21.8 Å². The van der Waals surface area contributed by atoms with E-state index in [1.807, 2.05) is 13.0 Å². The second kappa shape index (κ2) is 6.49. The van der Waals surface area contributed by atoms with Crippen molar-refractivity contribution in [2.24, 2.45) is 0 Å². The van der Waals surface area contributed by atoms with Crippen LogP contribution in [0.15, 0.2) is 34.9 Å². The van der Waals surface area contributed by atoms with Crippen molar-refractivity contribution < 1.29 is 13.5 Å². The molecule has 0 fully saturated rings. The summed E-state index contributed by atoms with van der Waals surface area (Å²) in [5.41, 5.74) is 3.20. The van der Waals surface area contributed by atoms with E-state index in [1.165, 1.54) is 6.07 Å². The Morgan fingerprint density at radius 3 is 2.96 bits per heavy atom. The van der Waals surface area contributed by atoms with Crippen LogP contribution in [0, 0.1) is 6.92 Å². The first-order chi connectivity index (χ1) is 11.0. The number of H-pyrrole nitrogens is 1. The minimum absolute atomic E-state index is 0.124. The van der Waals surface area contributed by atoms with Gasteiger partial charge in [-0.2, -0.15) is 13.9 Å². The van der Waals surface area contributed by atoms with Gasteiger partial charge in [-0.3, -0.25) is 5.10 Å². The zero-order chi connectivity index (χ0) is 16.4. The van der Waals surface area contributed by atoms with E-state index >= 15 is 0 Å². The van der Waals surface area contributed by atoms with Gasteiger partial charge < -0.3 is 10.1 Å². The van der Waals surface area contributed by atoms with Crippen LogP contribution in [0.4, 0.5) is 14.5 Å². The molecule has 2 N–H and O–H groups in total. The Hall–Kier alpha value is -2.22. The van der Waals surface area contributed by atoms with Crippen LogP contribution in [0.25, 0.3) is 11.0 Å². The average Bonchev–Trinajstić information content (AvgIpc) is 2.88. The highest BCUT2D eigenvalue weighted by atomic mass is 79.9. The second-order valence-electron chi connectivity index (χ2n) is 4.93. The smallest absolute Gasteiger partial charge is 0.387 e. The number of halogens is 3. The van der Waals surface area contributed by atoms with Gasteiger partial charge in [0.25, 0.3) is 0 Å². The van der Waals surface area contributed by atoms with Crippen molar-refractivity contribution in [2.45, 2.75) is 20.1 Å². The Morgan fingerprint density at radius 2 is 2.17 bits per heavy atom. The van der Waals surface area contributed by atoms with E-state index in [0.717, 1.165) is 26.8 Å². The molecule has 0 amide bonds. The summed E-state index contributed by atoms with van der Waals surface area (Å²) >= 11 is 3.40. The second-order valence-corrected chi connectivity index (χ2v) is 5.78. The van der Waals surface area contributed by atoms with Crippen LogP contribution < -0.4 is 10.1 Å². The molecule has 0 bridgehead atoms. The lowest BCUT2D eigenvalue weighted by atomic mass is 10.2. The summed E-state index contributed by atoms with van der Waals surface area (Å²) in [5, 5.41) is 11.1. The molecule has 8 heteroatoms. The molecule has 0 spiro atoms. The van der Waals surface area contributed by atoms with Gasteiger partial charge in [0.15, 0.2) is 5.65 Å². The monoisotopic (exact) mass is 382 g/mol. The molecule has 0 aliphatic rings. The van der Waals surface area contributed by atoms with Gasteiger partial charge in [-0.25, -0.2) is 4.98 Å². The summed E-state index contributed by atoms with van der Waals surface area (Å²) in [6.07, 6.45) is 1.68. The summed E-state index contributed by atoms with van der Waals surface area (Å²) < 4.78 is 29.8. The molecule has 120 valence electrons. The Bertz CT molecular complexity index is 837. The molecule has 0 saturated carbocycles. The number of alkyl halides is 2. The highest BCUT2D eigenvalue weighted by Crippen LogP contribution is 2.25. The van der Waals surface area contributed by atoms with E-state index in [2.05, 4.69) is 41.2 Å². The van der Waals surface area contributed by atoms with Crippen LogP contribution in [0.2, 0.25) is 0 Å². The molecule has 0 radical (unpaired) electrons. The van der Waals surface area contributed by atoms with Crippen molar-refractivity contribution in [3.63, 3.8) is 0 Å². The number of benzene rings is 1. The number of fused-ring (bicyclic) bond motifs is 1. The molecule has 0 saturated heterocycles. The third kappa shape index (κ3) is 3.58. The number of anilines is 1. The molecular formula is C15H13BrF2N4O. The van der Waals surface area contributed by atoms with E-state index in [0.29, 0.717) is 12.2 Å². The number of hydrogen-bond donors (Lipinski definition) is 2. The minimum Gasteiger partial charge on any atom is -0.435 e. The molecular weight excluding hydrogens is 370 g/mol. The molecule has 0 aliphatic carbocycles. The van der Waals surface area contributed by atoms with Gasteiger partial charge in [0.1, 0.15) is 5.75 Å². The SMILES string of the molecule is Cc1[nH]nc2ncc(NCc3cc(OC(F)F)ccc3Br)cc12. The third-order valence-electron chi connectivity index (χ3n) is 3.33. The normalized spacial score (nSPS) is 11.2. The number of nitrogens with zero attached hydrogens (tertiary/aromatic N) is 2. The van der Waals surface area contributed by atoms with Crippen LogP contribution in [0.5, 0.6) is 5.75 Å². The fourth-order valence-corrected chi connectivity index (χ4v) is 2.56. The van der Waals surface area contributed by atoms with Crippen molar-refractivity contribution in [1.29, 1.82) is 0 Å². The zero-order valence-corrected chi connectivity index (χ0v) is 13.7. The standard InChI is InChI=1S/C15H13BrF2N4O/c1-8-12-5-10(7-20-14(12)22-21-8)19-6-9-4-11(23-15(17)18)2-3-13(9)16/h2-5,7,15,19H,6H2,1H3,(H,20,21,22). The highest BCUT2D eigenvalue weighted by molar-refractivity contribution is 9.10. The van der Waals surface area contributed by atoms with Gasteiger partial charge in [-0.05, 0) is 36.8 Å². The number of aromatic amines is 1. The molecule has 23 heavy (non-hydrogen) atoms. The first-order valence-electron chi connectivity index (χ1n) is 6.81. The molecule has 2 aromatic heterocycles. The largest absolute Gasteiger partial charge is 0.435 e. The van der Waals surface area contributed by atoms with E-state index in [4.69, 9.17) is 0 Å². The average molecular weight is 383 g/mol. The maximum atomic E-state index is 12.3. The van der Waals surface area contributed by atoms with E-state index in [1.54, 1.807) is 18.3 Å². The maximum Gasteiger partial charge on any atom is 0.387 e. The number of pyridine rings is 1. The quantitative estimate of drug-likeness (QED) is 0.692. The number of aryl methyl sites for hydroxylation is 1. The Balaban J connectivity index is 1.77. The number of ether oxygens (including phenoxy) is 1. The lowest BCUT2D eigenvalue weighted by Gasteiger charge is -2.11. The van der Waals surface area contributed by atoms with Gasteiger partial charge in [0.05, 0.1) is 11.9 Å². The third-order valence-corrected chi connectivity index (χ3v) is 4.10. The summed E-state index contributed by atoms with van der Waals surface area (Å²) in [6.45, 7) is -0.485. The van der Waals surface area contributed by atoms with Crippen molar-refractivity contribution >= 4 is 32.7 Å². The Labute approximate surface area is 139 Å². The molecule has 3 aromatic rings. The first kappa shape index (κ1) is 15.7. The minimum atomic E-state index is -2.84. The topological polar surface area (TPSA) is 62.8 Å². The molecule has 0 atom stereocenters. The van der Waals surface area contributed by atoms with Gasteiger partial charge in [0.2, 0.25) is 0 Å². The van der Waals surface area contributed by atoms with Crippen LogP contribution in [0.1, 0.15) is 11.3 Å². The van der Waals surface area contributed by atoms with E-state index in [-0.39, 0.29) is 5.75 Å². The molecule has 5 nitrogen and oxygen atoms in total. The van der Waals surface area contributed by atoms with E-state index in [9.17, 15) is 8.78 Å². The van der Waals surface area contributed by atoms with Crippen LogP contribution in [-0.2, 0) is 6.54 Å². The highest BCUT2D eigenvalue weighted by Gasteiger charge is 2.08. The number of hydrogen-bond acceptors (Lipinski definition) is 4. The van der Waals surface area contributed by atoms with Crippen molar-refractivity contribution in [1.82, 2.24) is 15.2 Å². The maximum absolute atomic E-state index is 12.3. The Morgan fingerprint density at radius 1 is 1.35 bits per heavy atom. The van der Waals surface area contributed by atoms with Gasteiger partial charge in [0, 0.05) is 22.1 Å². The zero-order valence-electron chi connectivity index (χ0n) is 12.1. The molecule has 3 rings (SSSR count). The molecule has 0 unspecified atom stereocenters. The van der Waals surface area contributed by atoms with Crippen LogP contribution >= 0.6 is 15.9 Å². The van der Waals surface area contributed by atoms with Gasteiger partial charge in [-0.15, -0.1) is 0 Å². The summed E-state index contributed by atoms with van der Waals surface area (Å²) in [7, 11) is 0. The van der Waals surface area contributed by atoms with Crippen molar-refractivity contribution in [3.05, 3.63) is 46.2 Å². The number of rotatable bonds is 5. The lowest BCUT2D eigenvalue weighted by Crippen LogP contribution is -2.04. The Kier molecular flexibility index (Phi) is 4.42. The van der Waals surface area contributed by atoms with Crippen LogP contribution in [0.3, 0.4) is 0 Å². The van der Waals surface area contributed by atoms with Gasteiger partial charge in [-0.1, -0.05) is 15.9 Å². The summed E-state index contributed by atoms with van der Waals surface area (Å²) in [6, 6.07) is 6.67. The lowest BCUT2D eigenvalue weighted by molar-refractivity contribution is -0.0498. The fraction of sp³-hybridized carbons (Fsp3) is 0.200. The van der Waals surface area contributed by atoms with Crippen molar-refractivity contribution in [2.75, 3.05) is 5.32 Å². The van der Waals surface area contributed by atoms with Gasteiger partial charge >= 0.3 is 6.61 Å². The first-order valence-corrected chi connectivity index (χ1v) is 7.60. The predicted molar refractivity (Wildman–Crippen MR) is 86.7 cm³/mol. The number of nitrogens with one attached hydrogen (secondary N) is 2. The summed E-state index contributed by atoms with van der Waals surface area (Å²) in [4.78, 5) is 4.25. The number of aromatic nitrogens is 3. The van der Waals surface area contributed by atoms with Crippen molar-refractivity contribution in [3.8, 4) is 5.75 Å². The van der Waals surface area contributed by atoms with E-state index < -0.39 is 6.61 Å². The fourth-order valence-electron chi connectivity index (χ4n) is 2.18. The summed E-state index contributed by atoms with van der Waals surface area (Å²) in [5.74, 6) is 0.124. The predicted octanol–water partition coefficient (Wildman–Crippen LogP) is 4.24. The molecule has 1 aromatic carbocycles. The molecule has 0 aliphatic heterocycles. The molecule has 2 heterocycles.